The maximum Gasteiger partial charge on any atom is 0.418 e. The zero-order valence-corrected chi connectivity index (χ0v) is 15.7. The molecule has 0 bridgehead atoms. The SMILES string of the molecule is O=C(CN1CCN(CCCOCC(F)(F)F)CC1)Nc1ccccc1C(F)(F)F. The summed E-state index contributed by atoms with van der Waals surface area (Å²) in [6, 6.07) is 4.79. The monoisotopic (exact) mass is 427 g/mol. The molecule has 0 aliphatic carbocycles. The van der Waals surface area contributed by atoms with E-state index in [1.807, 2.05) is 9.80 Å². The number of benzene rings is 1. The van der Waals surface area contributed by atoms with Crippen molar-refractivity contribution in [3.05, 3.63) is 29.8 Å². The van der Waals surface area contributed by atoms with Gasteiger partial charge in [0.1, 0.15) is 6.61 Å². The lowest BCUT2D eigenvalue weighted by Crippen LogP contribution is -2.48. The summed E-state index contributed by atoms with van der Waals surface area (Å²) in [6.07, 6.45) is -8.42. The van der Waals surface area contributed by atoms with Crippen molar-refractivity contribution in [1.82, 2.24) is 9.80 Å². The fourth-order valence-electron chi connectivity index (χ4n) is 2.98. The number of ether oxygens (including phenoxy) is 1. The molecule has 11 heteroatoms. The lowest BCUT2D eigenvalue weighted by molar-refractivity contribution is -0.174. The van der Waals surface area contributed by atoms with E-state index < -0.39 is 30.4 Å². The second-order valence-electron chi connectivity index (χ2n) is 6.73. The second-order valence-corrected chi connectivity index (χ2v) is 6.73. The standard InChI is InChI=1S/C18H23F6N3O2/c19-17(20,21)13-29-11-3-6-26-7-9-27(10-8-26)12-16(28)25-15-5-2-1-4-14(15)18(22,23)24/h1-2,4-5H,3,6-13H2,(H,25,28). The van der Waals surface area contributed by atoms with Crippen molar-refractivity contribution < 1.29 is 35.9 Å². The van der Waals surface area contributed by atoms with Gasteiger partial charge < -0.3 is 15.0 Å². The van der Waals surface area contributed by atoms with Gasteiger partial charge in [-0.05, 0) is 18.6 Å². The molecule has 0 aromatic heterocycles. The first-order valence-corrected chi connectivity index (χ1v) is 9.10. The highest BCUT2D eigenvalue weighted by molar-refractivity contribution is 5.93. The zero-order chi connectivity index (χ0) is 21.5. The normalized spacial score (nSPS) is 16.8. The van der Waals surface area contributed by atoms with Crippen molar-refractivity contribution in [1.29, 1.82) is 0 Å². The van der Waals surface area contributed by atoms with Gasteiger partial charge in [0.2, 0.25) is 5.91 Å². The minimum absolute atomic E-state index is 0.0146. The Labute approximate surface area is 164 Å². The van der Waals surface area contributed by atoms with Gasteiger partial charge in [0.15, 0.2) is 0 Å². The Hall–Kier alpha value is -1.85. The summed E-state index contributed by atoms with van der Waals surface area (Å²) in [6.45, 7) is 1.62. The highest BCUT2D eigenvalue weighted by Gasteiger charge is 2.33. The first-order chi connectivity index (χ1) is 13.5. The Kier molecular flexibility index (Phi) is 8.29. The third-order valence-electron chi connectivity index (χ3n) is 4.37. The summed E-state index contributed by atoms with van der Waals surface area (Å²) in [7, 11) is 0. The van der Waals surface area contributed by atoms with Gasteiger partial charge in [-0.25, -0.2) is 0 Å². The average molecular weight is 427 g/mol. The van der Waals surface area contributed by atoms with Crippen LogP contribution in [0, 0.1) is 0 Å². The molecule has 1 saturated heterocycles. The molecule has 164 valence electrons. The molecule has 0 spiro atoms. The third-order valence-corrected chi connectivity index (χ3v) is 4.37. The summed E-state index contributed by atoms with van der Waals surface area (Å²) in [5.41, 5.74) is -1.17. The Morgan fingerprint density at radius 2 is 1.62 bits per heavy atom. The number of alkyl halides is 6. The summed E-state index contributed by atoms with van der Waals surface area (Å²) in [4.78, 5) is 16.0. The largest absolute Gasteiger partial charge is 0.418 e. The van der Waals surface area contributed by atoms with E-state index in [0.717, 1.165) is 6.07 Å². The van der Waals surface area contributed by atoms with Crippen LogP contribution in [0.4, 0.5) is 32.0 Å². The molecule has 0 unspecified atom stereocenters. The van der Waals surface area contributed by atoms with Crippen molar-refractivity contribution >= 4 is 11.6 Å². The molecule has 1 amide bonds. The van der Waals surface area contributed by atoms with Gasteiger partial charge in [-0.2, -0.15) is 26.3 Å². The molecule has 1 aliphatic rings. The smallest absolute Gasteiger partial charge is 0.372 e. The fraction of sp³-hybridized carbons (Fsp3) is 0.611. The number of carbonyl (C=O) groups excluding carboxylic acids is 1. The molecule has 1 heterocycles. The van der Waals surface area contributed by atoms with Gasteiger partial charge in [-0.1, -0.05) is 12.1 Å². The average Bonchev–Trinajstić information content (AvgIpc) is 2.61. The summed E-state index contributed by atoms with van der Waals surface area (Å²) >= 11 is 0. The number of halogens is 6. The van der Waals surface area contributed by atoms with Crippen LogP contribution >= 0.6 is 0 Å². The van der Waals surface area contributed by atoms with E-state index in [2.05, 4.69) is 10.1 Å². The van der Waals surface area contributed by atoms with Crippen LogP contribution in [-0.2, 0) is 15.7 Å². The molecule has 29 heavy (non-hydrogen) atoms. The number of nitrogens with zero attached hydrogens (tertiary/aromatic N) is 2. The van der Waals surface area contributed by atoms with Crippen LogP contribution in [0.5, 0.6) is 0 Å². The maximum atomic E-state index is 13.0. The van der Waals surface area contributed by atoms with Crippen molar-refractivity contribution in [2.24, 2.45) is 0 Å². The molecule has 0 atom stereocenters. The van der Waals surface area contributed by atoms with Gasteiger partial charge >= 0.3 is 12.4 Å². The van der Waals surface area contributed by atoms with Crippen LogP contribution < -0.4 is 5.32 Å². The molecule has 1 aromatic carbocycles. The molecule has 1 aromatic rings. The van der Waals surface area contributed by atoms with Crippen LogP contribution in [0.15, 0.2) is 24.3 Å². The number of rotatable bonds is 8. The van der Waals surface area contributed by atoms with Crippen molar-refractivity contribution in [3.8, 4) is 0 Å². The van der Waals surface area contributed by atoms with Crippen LogP contribution in [0.2, 0.25) is 0 Å². The van der Waals surface area contributed by atoms with Gasteiger partial charge in [0.25, 0.3) is 0 Å². The number of amides is 1. The highest BCUT2D eigenvalue weighted by atomic mass is 19.4. The highest BCUT2D eigenvalue weighted by Crippen LogP contribution is 2.34. The summed E-state index contributed by atoms with van der Waals surface area (Å²) in [5, 5.41) is 2.31. The van der Waals surface area contributed by atoms with E-state index in [1.54, 1.807) is 0 Å². The van der Waals surface area contributed by atoms with E-state index in [9.17, 15) is 31.1 Å². The fourth-order valence-corrected chi connectivity index (χ4v) is 2.98. The number of nitrogens with one attached hydrogen (secondary N) is 1. The van der Waals surface area contributed by atoms with E-state index in [1.165, 1.54) is 18.2 Å². The predicted molar refractivity (Wildman–Crippen MR) is 94.4 cm³/mol. The van der Waals surface area contributed by atoms with Crippen LogP contribution in [0.3, 0.4) is 0 Å². The first-order valence-electron chi connectivity index (χ1n) is 9.10. The molecule has 0 saturated carbocycles. The minimum atomic E-state index is -4.56. The Morgan fingerprint density at radius 3 is 2.24 bits per heavy atom. The zero-order valence-electron chi connectivity index (χ0n) is 15.7. The van der Waals surface area contributed by atoms with Gasteiger partial charge in [0.05, 0.1) is 17.8 Å². The third kappa shape index (κ3) is 8.58. The van der Waals surface area contributed by atoms with Crippen molar-refractivity contribution in [2.45, 2.75) is 18.8 Å². The van der Waals surface area contributed by atoms with Crippen molar-refractivity contribution in [2.75, 3.05) is 57.8 Å². The van der Waals surface area contributed by atoms with E-state index >= 15 is 0 Å². The topological polar surface area (TPSA) is 44.8 Å². The molecular formula is C18H23F6N3O2. The number of anilines is 1. The molecular weight excluding hydrogens is 404 g/mol. The Balaban J connectivity index is 1.69. The number of hydrogen-bond acceptors (Lipinski definition) is 4. The molecule has 1 N–H and O–H groups in total. The van der Waals surface area contributed by atoms with Gasteiger partial charge in [-0.15, -0.1) is 0 Å². The molecule has 1 fully saturated rings. The number of carbonyl (C=O) groups is 1. The van der Waals surface area contributed by atoms with Gasteiger partial charge in [0, 0.05) is 39.3 Å². The predicted octanol–water partition coefficient (Wildman–Crippen LogP) is 3.23. The Morgan fingerprint density at radius 1 is 1.00 bits per heavy atom. The van der Waals surface area contributed by atoms with E-state index in [0.29, 0.717) is 39.1 Å². The molecule has 2 rings (SSSR count). The molecule has 5 nitrogen and oxygen atoms in total. The van der Waals surface area contributed by atoms with Crippen LogP contribution in [0.25, 0.3) is 0 Å². The second kappa shape index (κ2) is 10.3. The quantitative estimate of drug-likeness (QED) is 0.511. The van der Waals surface area contributed by atoms with Crippen LogP contribution in [0.1, 0.15) is 12.0 Å². The number of hydrogen-bond donors (Lipinski definition) is 1. The maximum absolute atomic E-state index is 13.0. The Bertz CT molecular complexity index is 658. The van der Waals surface area contributed by atoms with E-state index in [4.69, 9.17) is 0 Å². The van der Waals surface area contributed by atoms with Crippen LogP contribution in [-0.4, -0.2) is 74.4 Å². The lowest BCUT2D eigenvalue weighted by Gasteiger charge is -2.34. The van der Waals surface area contributed by atoms with E-state index in [-0.39, 0.29) is 18.8 Å². The summed E-state index contributed by atoms with van der Waals surface area (Å²) < 4.78 is 79.4. The molecule has 0 radical (unpaired) electrons. The molecule has 1 aliphatic heterocycles. The minimum Gasteiger partial charge on any atom is -0.372 e. The first kappa shape index (κ1) is 23.4. The number of para-hydroxylation sites is 1. The number of piperazine rings is 1. The summed E-state index contributed by atoms with van der Waals surface area (Å²) in [5.74, 6) is -0.532. The van der Waals surface area contributed by atoms with Crippen molar-refractivity contribution in [3.63, 3.8) is 0 Å². The van der Waals surface area contributed by atoms with Gasteiger partial charge in [-0.3, -0.25) is 9.69 Å². The lowest BCUT2D eigenvalue weighted by atomic mass is 10.1.